The highest BCUT2D eigenvalue weighted by Crippen LogP contribution is 2.37. The second-order valence-corrected chi connectivity index (χ2v) is 3.66. The van der Waals surface area contributed by atoms with Gasteiger partial charge in [-0.25, -0.2) is 0 Å². The Labute approximate surface area is 61.8 Å². The van der Waals surface area contributed by atoms with E-state index >= 15 is 0 Å². The fourth-order valence-corrected chi connectivity index (χ4v) is 2.37. The summed E-state index contributed by atoms with van der Waals surface area (Å²) in [7, 11) is 0. The SMILES string of the molecule is O=C1[C@H]2CCCC[C@H]1CC2. The predicted octanol–water partition coefficient (Wildman–Crippen LogP) is 2.16. The number of rotatable bonds is 0. The molecule has 1 nitrogen and oxygen atoms in total. The lowest BCUT2D eigenvalue weighted by Crippen LogP contribution is -2.10. The standard InChI is InChI=1S/C9H14O/c10-9-7-3-1-2-4-8(9)6-5-7/h7-8H,1-6H2/t7-,8-/m0/s1. The normalized spacial score (nSPS) is 39.8. The zero-order valence-corrected chi connectivity index (χ0v) is 6.31. The summed E-state index contributed by atoms with van der Waals surface area (Å²) < 4.78 is 0. The van der Waals surface area contributed by atoms with Crippen LogP contribution < -0.4 is 0 Å². The molecule has 2 fully saturated rings. The number of hydrogen-bond acceptors (Lipinski definition) is 1. The third kappa shape index (κ3) is 0.882. The molecule has 0 radical (unpaired) electrons. The Morgan fingerprint density at radius 1 is 0.900 bits per heavy atom. The minimum Gasteiger partial charge on any atom is -0.299 e. The third-order valence-corrected chi connectivity index (χ3v) is 3.02. The van der Waals surface area contributed by atoms with Gasteiger partial charge in [-0.3, -0.25) is 4.79 Å². The molecular formula is C9H14O. The molecule has 10 heavy (non-hydrogen) atoms. The van der Waals surface area contributed by atoms with E-state index in [4.69, 9.17) is 0 Å². The van der Waals surface area contributed by atoms with Crippen molar-refractivity contribution < 1.29 is 4.79 Å². The molecule has 2 saturated carbocycles. The number of carbonyl (C=O) groups is 1. The Bertz CT molecular complexity index is 135. The monoisotopic (exact) mass is 138 g/mol. The van der Waals surface area contributed by atoms with Crippen LogP contribution in [0.4, 0.5) is 0 Å². The molecule has 0 N–H and O–H groups in total. The van der Waals surface area contributed by atoms with E-state index in [0.717, 1.165) is 0 Å². The summed E-state index contributed by atoms with van der Waals surface area (Å²) in [5, 5.41) is 0. The summed E-state index contributed by atoms with van der Waals surface area (Å²) in [4.78, 5) is 11.4. The smallest absolute Gasteiger partial charge is 0.139 e. The Hall–Kier alpha value is -0.330. The van der Waals surface area contributed by atoms with Gasteiger partial charge < -0.3 is 0 Å². The zero-order valence-electron chi connectivity index (χ0n) is 6.31. The molecule has 0 amide bonds. The number of ketones is 1. The van der Waals surface area contributed by atoms with Gasteiger partial charge in [0, 0.05) is 11.8 Å². The Morgan fingerprint density at radius 2 is 1.40 bits per heavy atom. The molecule has 0 aromatic rings. The highest BCUT2D eigenvalue weighted by atomic mass is 16.1. The van der Waals surface area contributed by atoms with Gasteiger partial charge in [-0.05, 0) is 25.7 Å². The van der Waals surface area contributed by atoms with Gasteiger partial charge >= 0.3 is 0 Å². The van der Waals surface area contributed by atoms with Crippen molar-refractivity contribution in [2.75, 3.05) is 0 Å². The maximum absolute atomic E-state index is 11.4. The van der Waals surface area contributed by atoms with Gasteiger partial charge in [-0.15, -0.1) is 0 Å². The molecule has 0 aromatic carbocycles. The molecule has 2 rings (SSSR count). The lowest BCUT2D eigenvalue weighted by atomic mass is 10.0. The van der Waals surface area contributed by atoms with Crippen molar-refractivity contribution in [3.05, 3.63) is 0 Å². The van der Waals surface area contributed by atoms with Crippen molar-refractivity contribution in [3.63, 3.8) is 0 Å². The largest absolute Gasteiger partial charge is 0.299 e. The molecular weight excluding hydrogens is 124 g/mol. The molecule has 2 bridgehead atoms. The number of carbonyl (C=O) groups excluding carboxylic acids is 1. The van der Waals surface area contributed by atoms with Crippen LogP contribution in [-0.4, -0.2) is 5.78 Å². The van der Waals surface area contributed by atoms with Crippen LogP contribution in [0.5, 0.6) is 0 Å². The number of hydrogen-bond donors (Lipinski definition) is 0. The van der Waals surface area contributed by atoms with Crippen LogP contribution in [0.25, 0.3) is 0 Å². The highest BCUT2D eigenvalue weighted by molar-refractivity contribution is 5.85. The minimum atomic E-state index is 0.479. The first-order chi connectivity index (χ1) is 4.88. The predicted molar refractivity (Wildman–Crippen MR) is 39.7 cm³/mol. The lowest BCUT2D eigenvalue weighted by molar-refractivity contribution is -0.123. The second kappa shape index (κ2) is 2.37. The lowest BCUT2D eigenvalue weighted by Gasteiger charge is -2.03. The average molecular weight is 138 g/mol. The fraction of sp³-hybridized carbons (Fsp3) is 0.889. The van der Waals surface area contributed by atoms with Gasteiger partial charge in [0.15, 0.2) is 0 Å². The topological polar surface area (TPSA) is 17.1 Å². The molecule has 0 aromatic heterocycles. The molecule has 0 spiro atoms. The van der Waals surface area contributed by atoms with Crippen molar-refractivity contribution in [3.8, 4) is 0 Å². The number of fused-ring (bicyclic) bond motifs is 2. The number of Topliss-reactive ketones (excluding diaryl/α,β-unsaturated/α-hetero) is 1. The van der Waals surface area contributed by atoms with Crippen LogP contribution in [0.3, 0.4) is 0 Å². The summed E-state index contributed by atoms with van der Waals surface area (Å²) in [6.45, 7) is 0. The molecule has 0 saturated heterocycles. The van der Waals surface area contributed by atoms with E-state index in [9.17, 15) is 4.79 Å². The van der Waals surface area contributed by atoms with Crippen molar-refractivity contribution in [1.82, 2.24) is 0 Å². The molecule has 0 heterocycles. The van der Waals surface area contributed by atoms with Gasteiger partial charge in [-0.1, -0.05) is 12.8 Å². The van der Waals surface area contributed by atoms with Crippen LogP contribution in [-0.2, 0) is 4.79 Å². The Morgan fingerprint density at radius 3 is 1.90 bits per heavy atom. The van der Waals surface area contributed by atoms with Crippen molar-refractivity contribution in [2.45, 2.75) is 38.5 Å². The first-order valence-electron chi connectivity index (χ1n) is 4.41. The van der Waals surface area contributed by atoms with Crippen LogP contribution >= 0.6 is 0 Å². The average Bonchev–Trinajstić information content (AvgIpc) is 2.06. The van der Waals surface area contributed by atoms with E-state index in [1.165, 1.54) is 38.5 Å². The quantitative estimate of drug-likeness (QED) is 0.501. The van der Waals surface area contributed by atoms with Crippen LogP contribution in [0.2, 0.25) is 0 Å². The first-order valence-corrected chi connectivity index (χ1v) is 4.41. The Kier molecular flexibility index (Phi) is 1.51. The van der Waals surface area contributed by atoms with Crippen molar-refractivity contribution >= 4 is 5.78 Å². The van der Waals surface area contributed by atoms with Gasteiger partial charge in [0.05, 0.1) is 0 Å². The van der Waals surface area contributed by atoms with E-state index in [1.807, 2.05) is 0 Å². The first kappa shape index (κ1) is 6.38. The maximum atomic E-state index is 11.4. The van der Waals surface area contributed by atoms with Gasteiger partial charge in [0.1, 0.15) is 5.78 Å². The van der Waals surface area contributed by atoms with Crippen molar-refractivity contribution in [2.24, 2.45) is 11.8 Å². The van der Waals surface area contributed by atoms with Crippen LogP contribution in [0, 0.1) is 11.8 Å². The summed E-state index contributed by atoms with van der Waals surface area (Å²) in [6.07, 6.45) is 7.37. The van der Waals surface area contributed by atoms with Gasteiger partial charge in [0.2, 0.25) is 0 Å². The van der Waals surface area contributed by atoms with E-state index in [2.05, 4.69) is 0 Å². The highest BCUT2D eigenvalue weighted by Gasteiger charge is 2.34. The second-order valence-electron chi connectivity index (χ2n) is 3.66. The summed E-state index contributed by atoms with van der Waals surface area (Å²) in [5.41, 5.74) is 0. The van der Waals surface area contributed by atoms with Crippen LogP contribution in [0.15, 0.2) is 0 Å². The van der Waals surface area contributed by atoms with E-state index in [-0.39, 0.29) is 0 Å². The summed E-state index contributed by atoms with van der Waals surface area (Å²) >= 11 is 0. The maximum Gasteiger partial charge on any atom is 0.139 e. The molecule has 2 atom stereocenters. The van der Waals surface area contributed by atoms with E-state index in [1.54, 1.807) is 0 Å². The Balaban J connectivity index is 2.14. The van der Waals surface area contributed by atoms with E-state index in [0.29, 0.717) is 17.6 Å². The summed E-state index contributed by atoms with van der Waals surface area (Å²) in [5.74, 6) is 1.55. The van der Waals surface area contributed by atoms with Gasteiger partial charge in [0.25, 0.3) is 0 Å². The molecule has 2 aliphatic carbocycles. The molecule has 0 unspecified atom stereocenters. The third-order valence-electron chi connectivity index (χ3n) is 3.02. The molecule has 0 aliphatic heterocycles. The van der Waals surface area contributed by atoms with Crippen molar-refractivity contribution in [1.29, 1.82) is 0 Å². The van der Waals surface area contributed by atoms with Gasteiger partial charge in [-0.2, -0.15) is 0 Å². The summed E-state index contributed by atoms with van der Waals surface area (Å²) in [6, 6.07) is 0. The molecule has 56 valence electrons. The molecule has 1 heteroatoms. The van der Waals surface area contributed by atoms with Crippen LogP contribution in [0.1, 0.15) is 38.5 Å². The zero-order chi connectivity index (χ0) is 6.97. The minimum absolute atomic E-state index is 0.479. The molecule has 2 aliphatic rings. The van der Waals surface area contributed by atoms with E-state index < -0.39 is 0 Å². The fourth-order valence-electron chi connectivity index (χ4n) is 2.37.